The van der Waals surface area contributed by atoms with Gasteiger partial charge < -0.3 is 15.3 Å². The molecule has 2 heterocycles. The molecule has 5 nitrogen and oxygen atoms in total. The van der Waals surface area contributed by atoms with Gasteiger partial charge in [-0.1, -0.05) is 0 Å². The third-order valence-electron chi connectivity index (χ3n) is 5.27. The van der Waals surface area contributed by atoms with Crippen LogP contribution < -0.4 is 10.2 Å². The Morgan fingerprint density at radius 1 is 1.19 bits per heavy atom. The monoisotopic (exact) mass is 449 g/mol. The maximum atomic E-state index is 13.4. The second-order valence-electron chi connectivity index (χ2n) is 7.62. The van der Waals surface area contributed by atoms with Crippen molar-refractivity contribution in [3.63, 3.8) is 0 Å². The van der Waals surface area contributed by atoms with E-state index in [0.29, 0.717) is 5.39 Å². The van der Waals surface area contributed by atoms with Gasteiger partial charge in [-0.15, -0.1) is 0 Å². The number of alkyl halides is 6. The average Bonchev–Trinajstić information content (AvgIpc) is 2.71. The molecule has 0 saturated carbocycles. The number of carbonyl (C=O) groups is 1. The first-order chi connectivity index (χ1) is 14.4. The Labute approximate surface area is 174 Å². The molecule has 3 rings (SSSR count). The fourth-order valence-electron chi connectivity index (χ4n) is 3.54. The number of rotatable bonds is 4. The molecule has 0 bridgehead atoms. The van der Waals surface area contributed by atoms with Gasteiger partial charge in [-0.2, -0.15) is 26.3 Å². The largest absolute Gasteiger partial charge is 0.433 e. The molecule has 1 aliphatic rings. The number of nitrogens with zero attached hydrogens (tertiary/aromatic N) is 2. The van der Waals surface area contributed by atoms with Gasteiger partial charge in [0.25, 0.3) is 5.91 Å². The van der Waals surface area contributed by atoms with Crippen LogP contribution in [0, 0.1) is 5.92 Å². The van der Waals surface area contributed by atoms with Crippen molar-refractivity contribution in [1.29, 1.82) is 0 Å². The number of hydrogen-bond donors (Lipinski definition) is 2. The predicted octanol–water partition coefficient (Wildman–Crippen LogP) is 4.14. The molecule has 1 aromatic heterocycles. The molecule has 1 amide bonds. The van der Waals surface area contributed by atoms with E-state index in [1.807, 2.05) is 0 Å². The van der Waals surface area contributed by atoms with Gasteiger partial charge in [0.2, 0.25) is 0 Å². The number of halogens is 6. The lowest BCUT2D eigenvalue weighted by molar-refractivity contribution is -0.179. The summed E-state index contributed by atoms with van der Waals surface area (Å²) in [6.45, 7) is 1.10. The minimum absolute atomic E-state index is 0.0545. The maximum absolute atomic E-state index is 13.4. The summed E-state index contributed by atoms with van der Waals surface area (Å²) in [6, 6.07) is 4.39. The summed E-state index contributed by atoms with van der Waals surface area (Å²) in [5.74, 6) is -2.12. The number of carbonyl (C=O) groups excluding carboxylic acids is 1. The molecule has 0 spiro atoms. The number of fused-ring (bicyclic) bond motifs is 1. The molecule has 31 heavy (non-hydrogen) atoms. The van der Waals surface area contributed by atoms with E-state index < -0.39 is 35.9 Å². The summed E-state index contributed by atoms with van der Waals surface area (Å²) >= 11 is 0. The van der Waals surface area contributed by atoms with Crippen molar-refractivity contribution < 1.29 is 36.2 Å². The molecule has 1 fully saturated rings. The van der Waals surface area contributed by atoms with Gasteiger partial charge in [0.1, 0.15) is 11.5 Å². The molecule has 0 radical (unpaired) electrons. The zero-order chi connectivity index (χ0) is 23.0. The van der Waals surface area contributed by atoms with Gasteiger partial charge in [-0.05, 0) is 49.4 Å². The van der Waals surface area contributed by atoms with Crippen molar-refractivity contribution in [3.8, 4) is 0 Å². The first kappa shape index (κ1) is 23.1. The van der Waals surface area contributed by atoms with Crippen molar-refractivity contribution >= 4 is 22.5 Å². The van der Waals surface area contributed by atoms with Crippen LogP contribution >= 0.6 is 0 Å². The second-order valence-corrected chi connectivity index (χ2v) is 7.62. The van der Waals surface area contributed by atoms with E-state index in [2.05, 4.69) is 10.3 Å². The van der Waals surface area contributed by atoms with Gasteiger partial charge >= 0.3 is 12.4 Å². The molecule has 11 heteroatoms. The second kappa shape index (κ2) is 8.52. The van der Waals surface area contributed by atoms with Crippen LogP contribution in [0.25, 0.3) is 10.8 Å². The number of aliphatic hydroxyl groups is 1. The van der Waals surface area contributed by atoms with Gasteiger partial charge in [0, 0.05) is 30.1 Å². The van der Waals surface area contributed by atoms with E-state index in [4.69, 9.17) is 5.11 Å². The lowest BCUT2D eigenvalue weighted by Gasteiger charge is -2.34. The minimum Gasteiger partial charge on any atom is -0.394 e. The van der Waals surface area contributed by atoms with Gasteiger partial charge in [-0.3, -0.25) is 4.79 Å². The van der Waals surface area contributed by atoms with E-state index in [9.17, 15) is 31.1 Å². The fourth-order valence-corrected chi connectivity index (χ4v) is 3.54. The van der Waals surface area contributed by atoms with Gasteiger partial charge in [0.15, 0.2) is 0 Å². The highest BCUT2D eigenvalue weighted by atomic mass is 19.4. The van der Waals surface area contributed by atoms with E-state index in [0.717, 1.165) is 6.07 Å². The molecular formula is C20H21F6N3O2. The highest BCUT2D eigenvalue weighted by molar-refractivity contribution is 6.01. The third-order valence-corrected chi connectivity index (χ3v) is 5.27. The lowest BCUT2D eigenvalue weighted by atomic mass is 9.96. The summed E-state index contributed by atoms with van der Waals surface area (Å²) in [5, 5.41) is 12.0. The first-order valence-corrected chi connectivity index (χ1v) is 9.65. The molecule has 0 unspecified atom stereocenters. The van der Waals surface area contributed by atoms with Gasteiger partial charge in [0.05, 0.1) is 12.5 Å². The molecule has 1 atom stereocenters. The van der Waals surface area contributed by atoms with Crippen molar-refractivity contribution in [1.82, 2.24) is 10.3 Å². The highest BCUT2D eigenvalue weighted by Crippen LogP contribution is 2.38. The Morgan fingerprint density at radius 2 is 1.84 bits per heavy atom. The summed E-state index contributed by atoms with van der Waals surface area (Å²) in [4.78, 5) is 17.4. The Kier molecular flexibility index (Phi) is 6.35. The zero-order valence-electron chi connectivity index (χ0n) is 16.5. The maximum Gasteiger partial charge on any atom is 0.433 e. The number of benzene rings is 1. The number of pyridine rings is 1. The average molecular weight is 449 g/mol. The highest BCUT2D eigenvalue weighted by Gasteiger charge is 2.42. The van der Waals surface area contributed by atoms with Gasteiger partial charge in [-0.25, -0.2) is 4.98 Å². The summed E-state index contributed by atoms with van der Waals surface area (Å²) < 4.78 is 79.1. The van der Waals surface area contributed by atoms with Crippen LogP contribution in [0.4, 0.5) is 32.2 Å². The smallest absolute Gasteiger partial charge is 0.394 e. The topological polar surface area (TPSA) is 65.5 Å². The molecule has 2 N–H and O–H groups in total. The van der Waals surface area contributed by atoms with Crippen molar-refractivity contribution in [2.24, 2.45) is 5.92 Å². The predicted molar refractivity (Wildman–Crippen MR) is 102 cm³/mol. The number of piperidine rings is 1. The van der Waals surface area contributed by atoms with Crippen molar-refractivity contribution in [2.75, 3.05) is 24.6 Å². The molecule has 1 aliphatic heterocycles. The van der Waals surface area contributed by atoms with E-state index in [-0.39, 0.29) is 49.3 Å². The van der Waals surface area contributed by atoms with Crippen LogP contribution in [0.2, 0.25) is 0 Å². The lowest BCUT2D eigenvalue weighted by Crippen LogP contribution is -2.39. The summed E-state index contributed by atoms with van der Waals surface area (Å²) in [7, 11) is 0. The number of hydrogen-bond acceptors (Lipinski definition) is 4. The minimum atomic E-state index is -4.77. The Hall–Kier alpha value is -2.56. The molecule has 2 aromatic rings. The zero-order valence-corrected chi connectivity index (χ0v) is 16.5. The molecule has 1 aromatic carbocycles. The standard InChI is InChI=1S/C20H21F6N3O2/c1-11(10-30)27-18(31)12-2-3-15-13(8-12)9-16(20(24,25)26)28-17(15)29-6-4-14(5-7-29)19(21,22)23/h2-3,8-9,11,14,30H,4-7,10H2,1H3,(H,27,31)/t11-/m1/s1. The first-order valence-electron chi connectivity index (χ1n) is 9.65. The van der Waals surface area contributed by atoms with Crippen LogP contribution in [0.15, 0.2) is 24.3 Å². The third kappa shape index (κ3) is 5.20. The van der Waals surface area contributed by atoms with Crippen molar-refractivity contribution in [2.45, 2.75) is 38.2 Å². The number of amides is 1. The number of aliphatic hydroxyl groups excluding tert-OH is 1. The normalized spacial score (nSPS) is 17.1. The van der Waals surface area contributed by atoms with E-state index in [1.165, 1.54) is 23.1 Å². The fraction of sp³-hybridized carbons (Fsp3) is 0.500. The Balaban J connectivity index is 2.00. The number of anilines is 1. The molecule has 170 valence electrons. The van der Waals surface area contributed by atoms with Crippen LogP contribution in [0.1, 0.15) is 35.8 Å². The quantitative estimate of drug-likeness (QED) is 0.689. The van der Waals surface area contributed by atoms with Crippen LogP contribution in [0.5, 0.6) is 0 Å². The summed E-state index contributed by atoms with van der Waals surface area (Å²) in [6.07, 6.45) is -9.58. The van der Waals surface area contributed by atoms with Crippen LogP contribution in [-0.4, -0.2) is 47.9 Å². The van der Waals surface area contributed by atoms with E-state index >= 15 is 0 Å². The molecule has 0 aliphatic carbocycles. The van der Waals surface area contributed by atoms with Crippen molar-refractivity contribution in [3.05, 3.63) is 35.5 Å². The SMILES string of the molecule is C[C@H](CO)NC(=O)c1ccc2c(N3CCC(C(F)(F)F)CC3)nc(C(F)(F)F)cc2c1. The van der Waals surface area contributed by atoms with Crippen LogP contribution in [0.3, 0.4) is 0 Å². The Morgan fingerprint density at radius 3 is 2.39 bits per heavy atom. The van der Waals surface area contributed by atoms with Crippen LogP contribution in [-0.2, 0) is 6.18 Å². The van der Waals surface area contributed by atoms with E-state index in [1.54, 1.807) is 6.92 Å². The Bertz CT molecular complexity index is 952. The molecule has 1 saturated heterocycles. The molecular weight excluding hydrogens is 428 g/mol. The number of aromatic nitrogens is 1. The number of nitrogens with one attached hydrogen (secondary N) is 1. The summed E-state index contributed by atoms with van der Waals surface area (Å²) in [5.41, 5.74) is -1.09.